The summed E-state index contributed by atoms with van der Waals surface area (Å²) in [5, 5.41) is -1.13. The predicted octanol–water partition coefficient (Wildman–Crippen LogP) is 1.75. The minimum atomic E-state index is -3.72. The molecule has 1 aromatic heterocycles. The van der Waals surface area contributed by atoms with E-state index in [1.54, 1.807) is 17.0 Å². The fraction of sp³-hybridized carbons (Fsp3) is 0.600. The lowest BCUT2D eigenvalue weighted by molar-refractivity contribution is -0.133. The molecule has 0 N–H and O–H groups in total. The summed E-state index contributed by atoms with van der Waals surface area (Å²) in [6.07, 6.45) is 2.50. The molecule has 2 rings (SSSR count). The molecule has 0 saturated carbocycles. The van der Waals surface area contributed by atoms with Crippen LogP contribution >= 0.6 is 0 Å². The van der Waals surface area contributed by atoms with Gasteiger partial charge in [-0.15, -0.1) is 0 Å². The molecule has 116 valence electrons. The highest BCUT2D eigenvalue weighted by Crippen LogP contribution is 2.23. The van der Waals surface area contributed by atoms with Gasteiger partial charge in [0.1, 0.15) is 5.25 Å². The number of hydrogen-bond acceptors (Lipinski definition) is 4. The van der Waals surface area contributed by atoms with Crippen molar-refractivity contribution in [1.82, 2.24) is 9.88 Å². The number of sulfone groups is 1. The number of nitrogens with zero attached hydrogens (tertiary/aromatic N) is 2. The van der Waals surface area contributed by atoms with Crippen LogP contribution in [0, 0.1) is 11.8 Å². The third-order valence-electron chi connectivity index (χ3n) is 3.92. The van der Waals surface area contributed by atoms with Crippen molar-refractivity contribution >= 4 is 15.7 Å². The summed E-state index contributed by atoms with van der Waals surface area (Å²) in [7, 11) is -3.72. The molecule has 1 aliphatic rings. The lowest BCUT2D eigenvalue weighted by Gasteiger charge is -2.36. The molecule has 3 atom stereocenters. The molecule has 0 unspecified atom stereocenters. The quantitative estimate of drug-likeness (QED) is 0.853. The van der Waals surface area contributed by atoms with Crippen molar-refractivity contribution in [2.45, 2.75) is 37.5 Å². The molecular formula is C15H22N2O3S. The predicted molar refractivity (Wildman–Crippen MR) is 80.4 cm³/mol. The van der Waals surface area contributed by atoms with Gasteiger partial charge in [0.05, 0.1) is 0 Å². The van der Waals surface area contributed by atoms with Crippen LogP contribution in [0.25, 0.3) is 0 Å². The molecule has 1 amide bonds. The van der Waals surface area contributed by atoms with Crippen LogP contribution in [0.4, 0.5) is 0 Å². The summed E-state index contributed by atoms with van der Waals surface area (Å²) >= 11 is 0. The highest BCUT2D eigenvalue weighted by molar-refractivity contribution is 7.92. The maximum Gasteiger partial charge on any atom is 0.241 e. The third-order valence-corrected chi connectivity index (χ3v) is 5.88. The number of pyridine rings is 1. The first-order valence-corrected chi connectivity index (χ1v) is 8.80. The van der Waals surface area contributed by atoms with Gasteiger partial charge in [-0.05, 0) is 37.3 Å². The summed E-state index contributed by atoms with van der Waals surface area (Å²) in [6.45, 7) is 6.90. The van der Waals surface area contributed by atoms with Crippen LogP contribution in [0.5, 0.6) is 0 Å². The Balaban J connectivity index is 2.19. The van der Waals surface area contributed by atoms with Crippen LogP contribution in [0.3, 0.4) is 0 Å². The average molecular weight is 310 g/mol. The SMILES string of the molecule is C[C@@H]1C[C@H](C)CN(C(=O)[C@@H](C)S(=O)(=O)c2ccccn2)C1. The Labute approximate surface area is 126 Å². The molecule has 21 heavy (non-hydrogen) atoms. The Morgan fingerprint density at radius 1 is 1.29 bits per heavy atom. The Morgan fingerprint density at radius 2 is 1.90 bits per heavy atom. The van der Waals surface area contributed by atoms with Gasteiger partial charge in [-0.25, -0.2) is 13.4 Å². The fourth-order valence-corrected chi connectivity index (χ4v) is 4.18. The molecule has 0 radical (unpaired) electrons. The zero-order valence-corrected chi connectivity index (χ0v) is 13.5. The summed E-state index contributed by atoms with van der Waals surface area (Å²) in [5.74, 6) is 0.490. The Kier molecular flexibility index (Phi) is 4.66. The van der Waals surface area contributed by atoms with E-state index >= 15 is 0 Å². The van der Waals surface area contributed by atoms with Gasteiger partial charge in [-0.2, -0.15) is 0 Å². The van der Waals surface area contributed by atoms with Crippen LogP contribution in [0.1, 0.15) is 27.2 Å². The molecule has 0 spiro atoms. The van der Waals surface area contributed by atoms with Crippen molar-refractivity contribution in [1.29, 1.82) is 0 Å². The molecule has 6 heteroatoms. The first-order valence-electron chi connectivity index (χ1n) is 7.26. The van der Waals surface area contributed by atoms with Crippen molar-refractivity contribution in [3.8, 4) is 0 Å². The topological polar surface area (TPSA) is 67.3 Å². The lowest BCUT2D eigenvalue weighted by atomic mass is 9.92. The van der Waals surface area contributed by atoms with Crippen LogP contribution < -0.4 is 0 Å². The van der Waals surface area contributed by atoms with Gasteiger partial charge < -0.3 is 4.90 Å². The van der Waals surface area contributed by atoms with Crippen LogP contribution in [0.2, 0.25) is 0 Å². The van der Waals surface area contributed by atoms with Gasteiger partial charge in [0.15, 0.2) is 5.03 Å². The zero-order chi connectivity index (χ0) is 15.6. The molecule has 0 aromatic carbocycles. The molecular weight excluding hydrogens is 288 g/mol. The van der Waals surface area contributed by atoms with Crippen molar-refractivity contribution in [3.05, 3.63) is 24.4 Å². The summed E-state index contributed by atoms with van der Waals surface area (Å²) in [6, 6.07) is 4.70. The Morgan fingerprint density at radius 3 is 2.43 bits per heavy atom. The minimum absolute atomic E-state index is 0.0380. The summed E-state index contributed by atoms with van der Waals surface area (Å²) in [4.78, 5) is 18.1. The molecule has 1 aromatic rings. The number of carbonyl (C=O) groups excluding carboxylic acids is 1. The van der Waals surface area contributed by atoms with Gasteiger partial charge in [0.25, 0.3) is 0 Å². The van der Waals surface area contributed by atoms with E-state index in [0.29, 0.717) is 24.9 Å². The molecule has 1 saturated heterocycles. The van der Waals surface area contributed by atoms with Crippen molar-refractivity contribution < 1.29 is 13.2 Å². The lowest BCUT2D eigenvalue weighted by Crippen LogP contribution is -2.48. The van der Waals surface area contributed by atoms with Crippen LogP contribution in [0.15, 0.2) is 29.4 Å². The molecule has 0 bridgehead atoms. The molecule has 0 aliphatic carbocycles. The largest absolute Gasteiger partial charge is 0.341 e. The number of carbonyl (C=O) groups is 1. The van der Waals surface area contributed by atoms with Gasteiger partial charge in [-0.3, -0.25) is 4.79 Å². The number of rotatable bonds is 3. The zero-order valence-electron chi connectivity index (χ0n) is 12.7. The fourth-order valence-electron chi connectivity index (χ4n) is 2.93. The third kappa shape index (κ3) is 3.43. The van der Waals surface area contributed by atoms with E-state index in [2.05, 4.69) is 18.8 Å². The van der Waals surface area contributed by atoms with Gasteiger partial charge in [-0.1, -0.05) is 19.9 Å². The number of piperidine rings is 1. The number of likely N-dealkylation sites (tertiary alicyclic amines) is 1. The first kappa shape index (κ1) is 15.9. The van der Waals surface area contributed by atoms with Gasteiger partial charge in [0, 0.05) is 19.3 Å². The second-order valence-corrected chi connectivity index (χ2v) is 8.26. The highest BCUT2D eigenvalue weighted by atomic mass is 32.2. The monoisotopic (exact) mass is 310 g/mol. The Hall–Kier alpha value is -1.43. The minimum Gasteiger partial charge on any atom is -0.341 e. The summed E-state index contributed by atoms with van der Waals surface area (Å²) < 4.78 is 24.9. The van der Waals surface area contributed by atoms with E-state index in [4.69, 9.17) is 0 Å². The van der Waals surface area contributed by atoms with E-state index in [1.165, 1.54) is 19.2 Å². The number of hydrogen-bond donors (Lipinski definition) is 0. The van der Waals surface area contributed by atoms with Crippen molar-refractivity contribution in [2.75, 3.05) is 13.1 Å². The molecule has 1 aliphatic heterocycles. The first-order chi connectivity index (χ1) is 9.82. The van der Waals surface area contributed by atoms with Crippen molar-refractivity contribution in [3.63, 3.8) is 0 Å². The molecule has 1 fully saturated rings. The van der Waals surface area contributed by atoms with E-state index in [0.717, 1.165) is 6.42 Å². The van der Waals surface area contributed by atoms with Crippen molar-refractivity contribution in [2.24, 2.45) is 11.8 Å². The van der Waals surface area contributed by atoms with Crippen LogP contribution in [-0.4, -0.2) is 42.5 Å². The second kappa shape index (κ2) is 6.13. The molecule has 2 heterocycles. The number of aromatic nitrogens is 1. The highest BCUT2D eigenvalue weighted by Gasteiger charge is 2.36. The summed E-state index contributed by atoms with van der Waals surface area (Å²) in [5.41, 5.74) is 0. The van der Waals surface area contributed by atoms with E-state index in [9.17, 15) is 13.2 Å². The normalized spacial score (nSPS) is 24.6. The Bertz CT molecular complexity index is 591. The van der Waals surface area contributed by atoms with E-state index < -0.39 is 15.1 Å². The second-order valence-electron chi connectivity index (χ2n) is 6.04. The smallest absolute Gasteiger partial charge is 0.241 e. The van der Waals surface area contributed by atoms with E-state index in [-0.39, 0.29) is 10.9 Å². The number of amides is 1. The maximum atomic E-state index is 12.5. The standard InChI is InChI=1S/C15H22N2O3S/c1-11-8-12(2)10-17(9-11)15(18)13(3)21(19,20)14-6-4-5-7-16-14/h4-7,11-13H,8-10H2,1-3H3/t11-,12+,13-/m1/s1. The van der Waals surface area contributed by atoms with Crippen LogP contribution in [-0.2, 0) is 14.6 Å². The average Bonchev–Trinajstić information content (AvgIpc) is 2.45. The maximum absolute atomic E-state index is 12.5. The molecule has 5 nitrogen and oxygen atoms in total. The van der Waals surface area contributed by atoms with E-state index in [1.807, 2.05) is 0 Å². The van der Waals surface area contributed by atoms with Gasteiger partial charge in [0.2, 0.25) is 15.7 Å². The van der Waals surface area contributed by atoms with Gasteiger partial charge >= 0.3 is 0 Å².